The number of nitrogens with zero attached hydrogens (tertiary/aromatic N) is 1. The minimum atomic E-state index is -0.504. The van der Waals surface area contributed by atoms with Gasteiger partial charge < -0.3 is 14.8 Å². The van der Waals surface area contributed by atoms with Gasteiger partial charge in [0.05, 0.1) is 22.2 Å². The van der Waals surface area contributed by atoms with Crippen molar-refractivity contribution in [2.45, 2.75) is 6.92 Å². The molecule has 0 radical (unpaired) electrons. The fraction of sp³-hybridized carbons (Fsp3) is 0.190. The Kier molecular flexibility index (Phi) is 8.22. The Balaban J connectivity index is 1.75. The van der Waals surface area contributed by atoms with Crippen LogP contribution in [0, 0.1) is 7.14 Å². The lowest BCUT2D eigenvalue weighted by Gasteiger charge is -2.13. The third kappa shape index (κ3) is 5.92. The van der Waals surface area contributed by atoms with Crippen molar-refractivity contribution in [1.29, 1.82) is 0 Å². The molecule has 10 heteroatoms. The number of carbonyl (C=O) groups excluding carboxylic acids is 3. The standard InChI is InChI=1S/C21H18I2N2O5S/c1-3-30-19-15(23)8-12(9-16(19)29-2)10-17-20(27)25(21(28)31-17)11-18(26)24-14-6-4-13(22)5-7-14/h4-10H,3,11H2,1-2H3,(H,24,26)/b17-10+. The van der Waals surface area contributed by atoms with E-state index in [9.17, 15) is 14.4 Å². The molecule has 162 valence electrons. The number of carbonyl (C=O) groups is 3. The summed E-state index contributed by atoms with van der Waals surface area (Å²) in [6, 6.07) is 10.8. The Hall–Kier alpha value is -1.80. The second-order valence-corrected chi connectivity index (χ2v) is 9.69. The van der Waals surface area contributed by atoms with Crippen LogP contribution in [0.3, 0.4) is 0 Å². The number of ether oxygens (including phenoxy) is 2. The Labute approximate surface area is 211 Å². The van der Waals surface area contributed by atoms with E-state index in [-0.39, 0.29) is 11.4 Å². The summed E-state index contributed by atoms with van der Waals surface area (Å²) in [4.78, 5) is 38.6. The van der Waals surface area contributed by atoms with E-state index in [1.807, 2.05) is 25.1 Å². The molecule has 1 aliphatic heterocycles. The fourth-order valence-electron chi connectivity index (χ4n) is 2.77. The number of rotatable bonds is 7. The molecule has 0 atom stereocenters. The number of anilines is 1. The van der Waals surface area contributed by atoms with E-state index in [4.69, 9.17) is 9.47 Å². The molecular weight excluding hydrogens is 646 g/mol. The Morgan fingerprint density at radius 3 is 2.55 bits per heavy atom. The topological polar surface area (TPSA) is 84.9 Å². The quantitative estimate of drug-likeness (QED) is 0.333. The molecule has 0 aliphatic carbocycles. The molecule has 2 aromatic carbocycles. The zero-order chi connectivity index (χ0) is 22.5. The molecule has 0 saturated carbocycles. The summed E-state index contributed by atoms with van der Waals surface area (Å²) >= 11 is 5.10. The van der Waals surface area contributed by atoms with Crippen LogP contribution in [0.5, 0.6) is 11.5 Å². The molecule has 3 amide bonds. The number of hydrogen-bond acceptors (Lipinski definition) is 6. The fourth-order valence-corrected chi connectivity index (χ4v) is 4.75. The first kappa shape index (κ1) is 23.9. The predicted molar refractivity (Wildman–Crippen MR) is 137 cm³/mol. The number of amides is 3. The van der Waals surface area contributed by atoms with Gasteiger partial charge >= 0.3 is 0 Å². The van der Waals surface area contributed by atoms with Crippen molar-refractivity contribution >= 4 is 85.8 Å². The smallest absolute Gasteiger partial charge is 0.294 e. The first-order valence-corrected chi connectivity index (χ1v) is 12.1. The summed E-state index contributed by atoms with van der Waals surface area (Å²) in [5.74, 6) is 0.219. The molecule has 31 heavy (non-hydrogen) atoms. The molecule has 1 fully saturated rings. The third-order valence-electron chi connectivity index (χ3n) is 4.14. The summed E-state index contributed by atoms with van der Waals surface area (Å²) in [5, 5.41) is 2.21. The van der Waals surface area contributed by atoms with Gasteiger partial charge in [-0.15, -0.1) is 0 Å². The summed E-state index contributed by atoms with van der Waals surface area (Å²) < 4.78 is 12.8. The van der Waals surface area contributed by atoms with Gasteiger partial charge in [-0.05, 0) is 112 Å². The van der Waals surface area contributed by atoms with Crippen LogP contribution in [0.15, 0.2) is 41.3 Å². The molecule has 3 rings (SSSR count). The average molecular weight is 664 g/mol. The highest BCUT2D eigenvalue weighted by atomic mass is 127. The highest BCUT2D eigenvalue weighted by molar-refractivity contribution is 14.1. The summed E-state index contributed by atoms with van der Waals surface area (Å²) in [6.07, 6.45) is 1.61. The Morgan fingerprint density at radius 2 is 1.90 bits per heavy atom. The van der Waals surface area contributed by atoms with Gasteiger partial charge in [0.2, 0.25) is 5.91 Å². The van der Waals surface area contributed by atoms with E-state index < -0.39 is 17.1 Å². The van der Waals surface area contributed by atoms with Crippen molar-refractivity contribution in [3.05, 3.63) is 54.0 Å². The third-order valence-corrected chi connectivity index (χ3v) is 6.57. The highest BCUT2D eigenvalue weighted by Crippen LogP contribution is 2.37. The second-order valence-electron chi connectivity index (χ2n) is 6.29. The van der Waals surface area contributed by atoms with Crippen LogP contribution in [0.2, 0.25) is 0 Å². The van der Waals surface area contributed by atoms with Crippen molar-refractivity contribution in [2.75, 3.05) is 25.6 Å². The van der Waals surface area contributed by atoms with Crippen molar-refractivity contribution in [3.8, 4) is 11.5 Å². The average Bonchev–Trinajstić information content (AvgIpc) is 2.98. The van der Waals surface area contributed by atoms with Crippen LogP contribution in [0.25, 0.3) is 6.08 Å². The maximum Gasteiger partial charge on any atom is 0.294 e. The van der Waals surface area contributed by atoms with Crippen molar-refractivity contribution in [3.63, 3.8) is 0 Å². The maximum atomic E-state index is 12.7. The van der Waals surface area contributed by atoms with E-state index in [0.717, 1.165) is 23.8 Å². The lowest BCUT2D eigenvalue weighted by Crippen LogP contribution is -2.36. The monoisotopic (exact) mass is 664 g/mol. The number of imide groups is 1. The lowest BCUT2D eigenvalue weighted by molar-refractivity contribution is -0.127. The summed E-state index contributed by atoms with van der Waals surface area (Å²) in [7, 11) is 1.54. The molecule has 1 N–H and O–H groups in total. The van der Waals surface area contributed by atoms with Gasteiger partial charge in [0.1, 0.15) is 6.54 Å². The van der Waals surface area contributed by atoms with Crippen molar-refractivity contribution in [1.82, 2.24) is 4.90 Å². The molecule has 0 aromatic heterocycles. The molecule has 0 bridgehead atoms. The van der Waals surface area contributed by atoms with Gasteiger partial charge in [-0.1, -0.05) is 0 Å². The number of nitrogens with one attached hydrogen (secondary N) is 1. The van der Waals surface area contributed by atoms with Gasteiger partial charge in [-0.3, -0.25) is 19.3 Å². The molecular formula is C21H18I2N2O5S. The van der Waals surface area contributed by atoms with Crippen LogP contribution in [0.4, 0.5) is 10.5 Å². The van der Waals surface area contributed by atoms with Crippen molar-refractivity contribution < 1.29 is 23.9 Å². The van der Waals surface area contributed by atoms with E-state index in [1.165, 1.54) is 7.11 Å². The van der Waals surface area contributed by atoms with Crippen LogP contribution in [-0.4, -0.2) is 42.2 Å². The minimum absolute atomic E-state index is 0.245. The molecule has 0 spiro atoms. The summed E-state index contributed by atoms with van der Waals surface area (Å²) in [6.45, 7) is 2.03. The summed E-state index contributed by atoms with van der Waals surface area (Å²) in [5.41, 5.74) is 1.29. The zero-order valence-electron chi connectivity index (χ0n) is 16.6. The van der Waals surface area contributed by atoms with E-state index in [2.05, 4.69) is 50.5 Å². The van der Waals surface area contributed by atoms with Gasteiger partial charge in [0.25, 0.3) is 11.1 Å². The Bertz CT molecular complexity index is 1060. The largest absolute Gasteiger partial charge is 0.493 e. The molecule has 1 aliphatic rings. The molecule has 2 aromatic rings. The maximum absolute atomic E-state index is 12.7. The first-order chi connectivity index (χ1) is 14.8. The number of hydrogen-bond donors (Lipinski definition) is 1. The molecule has 7 nitrogen and oxygen atoms in total. The van der Waals surface area contributed by atoms with Crippen molar-refractivity contribution in [2.24, 2.45) is 0 Å². The van der Waals surface area contributed by atoms with E-state index in [1.54, 1.807) is 24.3 Å². The number of thioether (sulfide) groups is 1. The van der Waals surface area contributed by atoms with Crippen LogP contribution in [-0.2, 0) is 9.59 Å². The van der Waals surface area contributed by atoms with E-state index >= 15 is 0 Å². The van der Waals surface area contributed by atoms with Gasteiger partial charge in [0.15, 0.2) is 11.5 Å². The number of benzene rings is 2. The lowest BCUT2D eigenvalue weighted by atomic mass is 10.2. The number of halogens is 2. The van der Waals surface area contributed by atoms with Crippen LogP contribution >= 0.6 is 56.9 Å². The normalized spacial score (nSPS) is 14.8. The highest BCUT2D eigenvalue weighted by Gasteiger charge is 2.36. The van der Waals surface area contributed by atoms with Gasteiger partial charge in [-0.25, -0.2) is 0 Å². The van der Waals surface area contributed by atoms with Gasteiger partial charge in [-0.2, -0.15) is 0 Å². The molecule has 1 heterocycles. The molecule has 1 saturated heterocycles. The second kappa shape index (κ2) is 10.7. The van der Waals surface area contributed by atoms with E-state index in [0.29, 0.717) is 29.4 Å². The Morgan fingerprint density at radius 1 is 1.19 bits per heavy atom. The van der Waals surface area contributed by atoms with Gasteiger partial charge in [0, 0.05) is 9.26 Å². The number of methoxy groups -OCH3 is 1. The molecule has 0 unspecified atom stereocenters. The minimum Gasteiger partial charge on any atom is -0.493 e. The predicted octanol–water partition coefficient (Wildman–Crippen LogP) is 4.98. The SMILES string of the molecule is CCOc1c(I)cc(/C=C2/SC(=O)N(CC(=O)Nc3ccc(I)cc3)C2=O)cc1OC. The van der Waals surface area contributed by atoms with Crippen LogP contribution in [0.1, 0.15) is 12.5 Å². The first-order valence-electron chi connectivity index (χ1n) is 9.13. The zero-order valence-corrected chi connectivity index (χ0v) is 21.7. The van der Waals surface area contributed by atoms with Crippen LogP contribution < -0.4 is 14.8 Å².